The fourth-order valence-corrected chi connectivity index (χ4v) is 2.69. The first-order valence-corrected chi connectivity index (χ1v) is 8.15. The van der Waals surface area contributed by atoms with Crippen molar-refractivity contribution in [1.29, 1.82) is 0 Å². The number of carbonyl (C=O) groups excluding carboxylic acids is 1. The summed E-state index contributed by atoms with van der Waals surface area (Å²) in [5.41, 5.74) is 1.31. The van der Waals surface area contributed by atoms with E-state index >= 15 is 0 Å². The second-order valence-corrected chi connectivity index (χ2v) is 6.00. The fraction of sp³-hybridized carbons (Fsp3) is 0.294. The van der Waals surface area contributed by atoms with Crippen molar-refractivity contribution < 1.29 is 9.53 Å². The van der Waals surface area contributed by atoms with Crippen LogP contribution < -0.4 is 10.1 Å². The minimum atomic E-state index is -0.247. The molecule has 4 rings (SSSR count). The van der Waals surface area contributed by atoms with E-state index in [1.54, 1.807) is 30.4 Å². The number of nitrogens with zero attached hydrogens (tertiary/aromatic N) is 5. The maximum atomic E-state index is 12.3. The molecule has 0 bridgehead atoms. The molecule has 1 saturated carbocycles. The van der Waals surface area contributed by atoms with Gasteiger partial charge >= 0.3 is 0 Å². The molecular weight excluding hydrogens is 320 g/mol. The van der Waals surface area contributed by atoms with Crippen LogP contribution in [0.25, 0.3) is 5.69 Å². The molecule has 2 aromatic heterocycles. The van der Waals surface area contributed by atoms with Crippen LogP contribution in [0.5, 0.6) is 5.75 Å². The summed E-state index contributed by atoms with van der Waals surface area (Å²) in [5, 5.41) is 15.1. The van der Waals surface area contributed by atoms with Gasteiger partial charge < -0.3 is 10.1 Å². The summed E-state index contributed by atoms with van der Waals surface area (Å²) >= 11 is 0. The molecule has 0 spiro atoms. The number of methoxy groups -OCH3 is 1. The molecular formula is C17H18N6O2. The van der Waals surface area contributed by atoms with Crippen LogP contribution in [0.3, 0.4) is 0 Å². The van der Waals surface area contributed by atoms with E-state index < -0.39 is 0 Å². The third-order valence-corrected chi connectivity index (χ3v) is 4.37. The molecule has 128 valence electrons. The maximum Gasteiger partial charge on any atom is 0.260 e. The number of anilines is 1. The molecule has 1 N–H and O–H groups in total. The van der Waals surface area contributed by atoms with Gasteiger partial charge in [-0.25, -0.2) is 4.68 Å². The summed E-state index contributed by atoms with van der Waals surface area (Å²) < 4.78 is 8.65. The Morgan fingerprint density at radius 3 is 2.96 bits per heavy atom. The largest absolute Gasteiger partial charge is 0.497 e. The van der Waals surface area contributed by atoms with Gasteiger partial charge in [0.1, 0.15) is 5.75 Å². The van der Waals surface area contributed by atoms with E-state index in [9.17, 15) is 4.79 Å². The summed E-state index contributed by atoms with van der Waals surface area (Å²) in [6.45, 7) is 0. The van der Waals surface area contributed by atoms with Gasteiger partial charge in [-0.1, -0.05) is 11.3 Å². The van der Waals surface area contributed by atoms with E-state index in [0.717, 1.165) is 24.3 Å². The Hall–Kier alpha value is -3.16. The monoisotopic (exact) mass is 338 g/mol. The summed E-state index contributed by atoms with van der Waals surface area (Å²) in [5.74, 6) is 0.856. The summed E-state index contributed by atoms with van der Waals surface area (Å²) in [4.78, 5) is 12.3. The molecule has 8 heteroatoms. The minimum Gasteiger partial charge on any atom is -0.497 e. The smallest absolute Gasteiger partial charge is 0.260 e. The van der Waals surface area contributed by atoms with Gasteiger partial charge in [-0.15, -0.1) is 5.10 Å². The topological polar surface area (TPSA) is 86.9 Å². The zero-order valence-electron chi connectivity index (χ0n) is 13.8. The van der Waals surface area contributed by atoms with Crippen LogP contribution in [0.4, 0.5) is 5.82 Å². The Bertz CT molecular complexity index is 896. The Morgan fingerprint density at radius 2 is 2.20 bits per heavy atom. The van der Waals surface area contributed by atoms with Crippen molar-refractivity contribution in [2.75, 3.05) is 12.4 Å². The van der Waals surface area contributed by atoms with Crippen LogP contribution in [-0.2, 0) is 0 Å². The highest BCUT2D eigenvalue weighted by Crippen LogP contribution is 2.30. The zero-order valence-corrected chi connectivity index (χ0v) is 13.8. The van der Waals surface area contributed by atoms with Gasteiger partial charge in [0.2, 0.25) is 0 Å². The molecule has 0 atom stereocenters. The van der Waals surface area contributed by atoms with Gasteiger partial charge in [-0.05, 0) is 31.4 Å². The molecule has 1 aromatic carbocycles. The lowest BCUT2D eigenvalue weighted by Crippen LogP contribution is -2.17. The number of ether oxygens (including phenoxy) is 1. The summed E-state index contributed by atoms with van der Waals surface area (Å²) in [7, 11) is 1.61. The van der Waals surface area contributed by atoms with E-state index in [1.165, 1.54) is 6.42 Å². The molecule has 1 fully saturated rings. The highest BCUT2D eigenvalue weighted by Gasteiger charge is 2.21. The Labute approximate surface area is 144 Å². The van der Waals surface area contributed by atoms with Gasteiger partial charge in [-0.3, -0.25) is 9.48 Å². The van der Waals surface area contributed by atoms with Gasteiger partial charge in [0.15, 0.2) is 5.82 Å². The minimum absolute atomic E-state index is 0.247. The number of nitrogens with one attached hydrogen (secondary N) is 1. The molecule has 0 unspecified atom stereocenters. The van der Waals surface area contributed by atoms with Gasteiger partial charge in [0.25, 0.3) is 5.91 Å². The van der Waals surface area contributed by atoms with E-state index in [-0.39, 0.29) is 5.91 Å². The van der Waals surface area contributed by atoms with E-state index in [0.29, 0.717) is 17.4 Å². The molecule has 8 nitrogen and oxygen atoms in total. The van der Waals surface area contributed by atoms with E-state index in [1.807, 2.05) is 28.9 Å². The number of hydrogen-bond acceptors (Lipinski definition) is 5. The number of amides is 1. The van der Waals surface area contributed by atoms with Crippen molar-refractivity contribution in [2.45, 2.75) is 25.3 Å². The van der Waals surface area contributed by atoms with Crippen molar-refractivity contribution >= 4 is 11.7 Å². The van der Waals surface area contributed by atoms with Crippen molar-refractivity contribution in [3.63, 3.8) is 0 Å². The Morgan fingerprint density at radius 1 is 1.32 bits per heavy atom. The lowest BCUT2D eigenvalue weighted by atomic mass is 9.93. The van der Waals surface area contributed by atoms with Crippen LogP contribution in [0.15, 0.2) is 42.9 Å². The number of benzene rings is 1. The van der Waals surface area contributed by atoms with Crippen LogP contribution in [0.1, 0.15) is 35.7 Å². The van der Waals surface area contributed by atoms with Gasteiger partial charge in [-0.2, -0.15) is 5.10 Å². The fourth-order valence-electron chi connectivity index (χ4n) is 2.69. The SMILES string of the molecule is COc1cccc(-n2cc(NC(=O)c3cnn(C4CCC4)c3)nn2)c1. The van der Waals surface area contributed by atoms with Crippen molar-refractivity contribution in [2.24, 2.45) is 0 Å². The molecule has 25 heavy (non-hydrogen) atoms. The number of rotatable bonds is 5. The zero-order chi connectivity index (χ0) is 17.2. The third-order valence-electron chi connectivity index (χ3n) is 4.37. The number of aromatic nitrogens is 5. The third kappa shape index (κ3) is 3.10. The molecule has 3 aromatic rings. The summed E-state index contributed by atoms with van der Waals surface area (Å²) in [6, 6.07) is 7.86. The lowest BCUT2D eigenvalue weighted by molar-refractivity contribution is 0.102. The second kappa shape index (κ2) is 6.39. The predicted octanol–water partition coefficient (Wildman–Crippen LogP) is 2.45. The van der Waals surface area contributed by atoms with E-state index in [2.05, 4.69) is 20.7 Å². The average Bonchev–Trinajstić information content (AvgIpc) is 3.23. The molecule has 0 radical (unpaired) electrons. The first-order chi connectivity index (χ1) is 12.2. The lowest BCUT2D eigenvalue weighted by Gasteiger charge is -2.25. The van der Waals surface area contributed by atoms with Crippen LogP contribution in [0, 0.1) is 0 Å². The van der Waals surface area contributed by atoms with E-state index in [4.69, 9.17) is 4.74 Å². The maximum absolute atomic E-state index is 12.3. The molecule has 0 aliphatic heterocycles. The molecule has 2 heterocycles. The normalized spacial score (nSPS) is 14.1. The number of hydrogen-bond donors (Lipinski definition) is 1. The summed E-state index contributed by atoms with van der Waals surface area (Å²) in [6.07, 6.45) is 8.49. The molecule has 0 saturated heterocycles. The molecule has 1 aliphatic rings. The highest BCUT2D eigenvalue weighted by molar-refractivity contribution is 6.03. The van der Waals surface area contributed by atoms with Crippen LogP contribution >= 0.6 is 0 Å². The standard InChI is InChI=1S/C17H18N6O2/c1-25-15-7-3-6-14(8-15)23-11-16(20-21-23)19-17(24)12-9-18-22(10-12)13-4-2-5-13/h3,6-11,13H,2,4-5H2,1H3,(H,19,24). The van der Waals surface area contributed by atoms with Crippen LogP contribution in [-0.4, -0.2) is 37.8 Å². The molecule has 1 aliphatic carbocycles. The average molecular weight is 338 g/mol. The molecule has 1 amide bonds. The van der Waals surface area contributed by atoms with Crippen molar-refractivity contribution in [1.82, 2.24) is 24.8 Å². The van der Waals surface area contributed by atoms with Crippen LogP contribution in [0.2, 0.25) is 0 Å². The van der Waals surface area contributed by atoms with Crippen molar-refractivity contribution in [3.05, 3.63) is 48.4 Å². The van der Waals surface area contributed by atoms with Gasteiger partial charge in [0, 0.05) is 12.3 Å². The Kier molecular flexibility index (Phi) is 3.93. The quantitative estimate of drug-likeness (QED) is 0.772. The Balaban J connectivity index is 1.46. The van der Waals surface area contributed by atoms with Gasteiger partial charge in [0.05, 0.1) is 36.8 Å². The van der Waals surface area contributed by atoms with Crippen molar-refractivity contribution in [3.8, 4) is 11.4 Å². The first-order valence-electron chi connectivity index (χ1n) is 8.15. The predicted molar refractivity (Wildman–Crippen MR) is 91.0 cm³/mol. The second-order valence-electron chi connectivity index (χ2n) is 6.00. The highest BCUT2D eigenvalue weighted by atomic mass is 16.5. The number of carbonyl (C=O) groups is 1. The first kappa shape index (κ1) is 15.4.